The molecule has 6 heteroatoms. The summed E-state index contributed by atoms with van der Waals surface area (Å²) >= 11 is 0. The zero-order chi connectivity index (χ0) is 25.5. The molecule has 2 saturated carbocycles. The lowest BCUT2D eigenvalue weighted by Crippen LogP contribution is -2.53. The minimum Gasteiger partial charge on any atom is -0.271 e. The molecule has 2 aliphatic carbocycles. The SMILES string of the molecule is C[C@@H]1[C@H](C)CCC[C@@H]1N1C(=O)c2ccc3c4c(ccc(c24)C1=O)C(=O)N([C@@H]1CCC[C@@H](C)[C@@H]1C)C3=O. The summed E-state index contributed by atoms with van der Waals surface area (Å²) in [6, 6.07) is 6.51. The molecule has 36 heavy (non-hydrogen) atoms. The number of benzene rings is 2. The number of imide groups is 2. The largest absolute Gasteiger partial charge is 0.271 e. The Morgan fingerprint density at radius 3 is 1.14 bits per heavy atom. The standard InChI is InChI=1S/C30H34N2O4/c1-15-7-5-9-23(17(15)3)31-27(33)19-11-13-21-26-22(14-12-20(25(19)26)28(31)34)30(36)32(29(21)35)24-10-6-8-16(2)18(24)4/h11-18,23-24H,5-10H2,1-4H3/t15-,16-,17-,18+,23+,24-/m1/s1. The first-order chi connectivity index (χ1) is 17.2. The molecular weight excluding hydrogens is 452 g/mol. The van der Waals surface area contributed by atoms with Crippen molar-refractivity contribution in [1.29, 1.82) is 0 Å². The van der Waals surface area contributed by atoms with Gasteiger partial charge < -0.3 is 0 Å². The molecular formula is C30H34N2O4. The quantitative estimate of drug-likeness (QED) is 0.512. The summed E-state index contributed by atoms with van der Waals surface area (Å²) in [4.78, 5) is 58.0. The molecule has 0 spiro atoms. The Balaban J connectivity index is 1.47. The van der Waals surface area contributed by atoms with E-state index in [1.165, 1.54) is 9.80 Å². The average molecular weight is 487 g/mol. The van der Waals surface area contributed by atoms with Gasteiger partial charge in [-0.15, -0.1) is 0 Å². The summed E-state index contributed by atoms with van der Waals surface area (Å²) in [6.07, 6.45) is 5.80. The van der Waals surface area contributed by atoms with Crippen LogP contribution < -0.4 is 0 Å². The molecule has 2 aliphatic heterocycles. The summed E-state index contributed by atoms with van der Waals surface area (Å²) in [7, 11) is 0. The summed E-state index contributed by atoms with van der Waals surface area (Å²) in [6.45, 7) is 8.63. The van der Waals surface area contributed by atoms with E-state index in [2.05, 4.69) is 27.7 Å². The van der Waals surface area contributed by atoms with E-state index in [9.17, 15) is 19.2 Å². The van der Waals surface area contributed by atoms with Gasteiger partial charge in [-0.2, -0.15) is 0 Å². The van der Waals surface area contributed by atoms with Crippen LogP contribution in [0.2, 0.25) is 0 Å². The number of nitrogens with zero attached hydrogens (tertiary/aromatic N) is 2. The Bertz CT molecular complexity index is 1160. The molecule has 6 rings (SSSR count). The predicted octanol–water partition coefficient (Wildman–Crippen LogP) is 5.68. The maximum absolute atomic E-state index is 13.8. The number of amides is 4. The van der Waals surface area contributed by atoms with Gasteiger partial charge in [0.1, 0.15) is 0 Å². The van der Waals surface area contributed by atoms with Crippen LogP contribution >= 0.6 is 0 Å². The van der Waals surface area contributed by atoms with Crippen LogP contribution in [0, 0.1) is 23.7 Å². The van der Waals surface area contributed by atoms with Crippen LogP contribution in [0.3, 0.4) is 0 Å². The fourth-order valence-corrected chi connectivity index (χ4v) is 7.35. The Labute approximate surface area is 212 Å². The minimum atomic E-state index is -0.306. The highest BCUT2D eigenvalue weighted by atomic mass is 16.2. The van der Waals surface area contributed by atoms with E-state index >= 15 is 0 Å². The van der Waals surface area contributed by atoms with Crippen LogP contribution in [0.15, 0.2) is 24.3 Å². The molecule has 4 aliphatic rings. The first kappa shape index (κ1) is 23.4. The third-order valence-electron chi connectivity index (χ3n) is 9.95. The van der Waals surface area contributed by atoms with E-state index in [4.69, 9.17) is 0 Å². The van der Waals surface area contributed by atoms with Crippen molar-refractivity contribution in [3.63, 3.8) is 0 Å². The zero-order valence-electron chi connectivity index (χ0n) is 21.5. The van der Waals surface area contributed by atoms with Gasteiger partial charge in [0.2, 0.25) is 0 Å². The van der Waals surface area contributed by atoms with E-state index in [0.29, 0.717) is 44.9 Å². The highest BCUT2D eigenvalue weighted by Crippen LogP contribution is 2.43. The van der Waals surface area contributed by atoms with Crippen LogP contribution in [0.4, 0.5) is 0 Å². The number of carbonyl (C=O) groups is 4. The number of carbonyl (C=O) groups excluding carboxylic acids is 4. The lowest BCUT2D eigenvalue weighted by molar-refractivity contribution is 0.0365. The van der Waals surface area contributed by atoms with Crippen LogP contribution in [-0.4, -0.2) is 45.5 Å². The number of rotatable bonds is 2. The van der Waals surface area contributed by atoms with Gasteiger partial charge in [-0.25, -0.2) is 0 Å². The second-order valence-corrected chi connectivity index (χ2v) is 11.7. The first-order valence-corrected chi connectivity index (χ1v) is 13.6. The third-order valence-corrected chi connectivity index (χ3v) is 9.95. The van der Waals surface area contributed by atoms with E-state index in [1.54, 1.807) is 24.3 Å². The van der Waals surface area contributed by atoms with Gasteiger partial charge in [0.25, 0.3) is 23.6 Å². The van der Waals surface area contributed by atoms with Crippen LogP contribution in [0.5, 0.6) is 0 Å². The van der Waals surface area contributed by atoms with Crippen molar-refractivity contribution in [3.8, 4) is 0 Å². The maximum atomic E-state index is 13.8. The molecule has 6 nitrogen and oxygen atoms in total. The molecule has 6 atom stereocenters. The van der Waals surface area contributed by atoms with Gasteiger partial charge in [0.05, 0.1) is 0 Å². The molecule has 0 unspecified atom stereocenters. The van der Waals surface area contributed by atoms with Crippen molar-refractivity contribution in [2.24, 2.45) is 23.7 Å². The molecule has 188 valence electrons. The minimum absolute atomic E-state index is 0.141. The highest BCUT2D eigenvalue weighted by molar-refractivity contribution is 6.33. The van der Waals surface area contributed by atoms with Crippen molar-refractivity contribution in [2.75, 3.05) is 0 Å². The smallest absolute Gasteiger partial charge is 0.261 e. The van der Waals surface area contributed by atoms with Crippen molar-refractivity contribution in [1.82, 2.24) is 9.80 Å². The molecule has 0 saturated heterocycles. The van der Waals surface area contributed by atoms with E-state index in [0.717, 1.165) is 38.5 Å². The van der Waals surface area contributed by atoms with Gasteiger partial charge in [-0.05, 0) is 60.8 Å². The Kier molecular flexibility index (Phi) is 5.36. The van der Waals surface area contributed by atoms with Crippen LogP contribution in [0.25, 0.3) is 10.8 Å². The second-order valence-electron chi connectivity index (χ2n) is 11.7. The average Bonchev–Trinajstić information content (AvgIpc) is 2.86. The Hall–Kier alpha value is -3.02. The second kappa shape index (κ2) is 8.25. The zero-order valence-corrected chi connectivity index (χ0v) is 21.5. The fourth-order valence-electron chi connectivity index (χ4n) is 7.35. The monoisotopic (exact) mass is 486 g/mol. The molecule has 0 bridgehead atoms. The molecule has 0 aromatic heterocycles. The molecule has 2 aromatic rings. The molecule has 2 aromatic carbocycles. The molecule has 2 heterocycles. The number of hydrogen-bond donors (Lipinski definition) is 0. The first-order valence-electron chi connectivity index (χ1n) is 13.6. The Morgan fingerprint density at radius 1 is 0.528 bits per heavy atom. The van der Waals surface area contributed by atoms with Gasteiger partial charge in [0, 0.05) is 45.1 Å². The highest BCUT2D eigenvalue weighted by Gasteiger charge is 2.46. The summed E-state index contributed by atoms with van der Waals surface area (Å²) < 4.78 is 0. The van der Waals surface area contributed by atoms with Gasteiger partial charge >= 0.3 is 0 Å². The van der Waals surface area contributed by atoms with Crippen LogP contribution in [-0.2, 0) is 0 Å². The van der Waals surface area contributed by atoms with Crippen molar-refractivity contribution < 1.29 is 19.2 Å². The molecule has 0 radical (unpaired) electrons. The van der Waals surface area contributed by atoms with Gasteiger partial charge in [-0.1, -0.05) is 53.4 Å². The maximum Gasteiger partial charge on any atom is 0.261 e. The van der Waals surface area contributed by atoms with Crippen molar-refractivity contribution in [3.05, 3.63) is 46.5 Å². The van der Waals surface area contributed by atoms with E-state index < -0.39 is 0 Å². The van der Waals surface area contributed by atoms with Crippen molar-refractivity contribution >= 4 is 34.4 Å². The normalized spacial score (nSPS) is 32.4. The topological polar surface area (TPSA) is 74.8 Å². The summed E-state index contributed by atoms with van der Waals surface area (Å²) in [5.74, 6) is 0.0895. The van der Waals surface area contributed by atoms with E-state index in [-0.39, 0.29) is 47.5 Å². The van der Waals surface area contributed by atoms with Crippen molar-refractivity contribution in [2.45, 2.75) is 78.3 Å². The fraction of sp³-hybridized carbons (Fsp3) is 0.533. The summed E-state index contributed by atoms with van der Waals surface area (Å²) in [5, 5.41) is 0.943. The summed E-state index contributed by atoms with van der Waals surface area (Å²) in [5.41, 5.74) is 1.68. The van der Waals surface area contributed by atoms with E-state index in [1.807, 2.05) is 0 Å². The van der Waals surface area contributed by atoms with Gasteiger partial charge in [-0.3, -0.25) is 29.0 Å². The Morgan fingerprint density at radius 2 is 0.833 bits per heavy atom. The van der Waals surface area contributed by atoms with Gasteiger partial charge in [0.15, 0.2) is 0 Å². The third kappa shape index (κ3) is 3.09. The predicted molar refractivity (Wildman–Crippen MR) is 137 cm³/mol. The molecule has 2 fully saturated rings. The molecule has 0 N–H and O–H groups in total. The lowest BCUT2D eigenvalue weighted by Gasteiger charge is -2.43. The molecule has 4 amide bonds. The lowest BCUT2D eigenvalue weighted by atomic mass is 9.75. The number of hydrogen-bond acceptors (Lipinski definition) is 4. The van der Waals surface area contributed by atoms with Crippen LogP contribution in [0.1, 0.15) is 108 Å².